The van der Waals surface area contributed by atoms with E-state index in [4.69, 9.17) is 4.74 Å². The minimum atomic E-state index is -0.261. The van der Waals surface area contributed by atoms with Gasteiger partial charge in [-0.15, -0.1) is 0 Å². The summed E-state index contributed by atoms with van der Waals surface area (Å²) in [4.78, 5) is 54.5. The predicted octanol–water partition coefficient (Wildman–Crippen LogP) is -2.25. The van der Waals surface area contributed by atoms with Crippen molar-refractivity contribution < 1.29 is 23.9 Å². The van der Waals surface area contributed by atoms with Crippen LogP contribution in [0.1, 0.15) is 39.0 Å². The monoisotopic (exact) mass is 599 g/mol. The third-order valence-corrected chi connectivity index (χ3v) is 7.55. The molecule has 14 nitrogen and oxygen atoms in total. The Morgan fingerprint density at radius 3 is 1.52 bits per heavy atom. The third-order valence-electron chi connectivity index (χ3n) is 7.55. The molecule has 1 fully saturated rings. The topological polar surface area (TPSA) is 163 Å². The van der Waals surface area contributed by atoms with Crippen molar-refractivity contribution in [2.75, 3.05) is 113 Å². The van der Waals surface area contributed by atoms with Gasteiger partial charge in [0.2, 0.25) is 23.6 Å². The molecule has 0 radical (unpaired) electrons. The molecule has 1 rings (SSSR count). The molecule has 14 heteroatoms. The van der Waals surface area contributed by atoms with E-state index in [2.05, 4.69) is 46.6 Å². The van der Waals surface area contributed by atoms with Gasteiger partial charge >= 0.3 is 0 Å². The molecular weight excluding hydrogens is 542 g/mol. The number of ether oxygens (including phenoxy) is 1. The van der Waals surface area contributed by atoms with Crippen LogP contribution < -0.4 is 31.9 Å². The average molecular weight is 600 g/mol. The number of likely N-dealkylation sites (N-methyl/N-ethyl adjacent to an activating group) is 1. The number of nitrogens with zero attached hydrogens (tertiary/aromatic N) is 3. The van der Waals surface area contributed by atoms with Crippen molar-refractivity contribution in [2.24, 2.45) is 0 Å². The molecule has 1 atom stereocenters. The molecular formula is C28H57N9O5. The van der Waals surface area contributed by atoms with Crippen LogP contribution in [-0.2, 0) is 23.9 Å². The van der Waals surface area contributed by atoms with Crippen LogP contribution in [0.25, 0.3) is 0 Å². The minimum absolute atomic E-state index is 0.00231. The normalized spacial score (nSPS) is 16.1. The number of amides is 4. The van der Waals surface area contributed by atoms with Crippen LogP contribution >= 0.6 is 0 Å². The highest BCUT2D eigenvalue weighted by Gasteiger charge is 2.42. The molecule has 0 spiro atoms. The second-order valence-electron chi connectivity index (χ2n) is 10.5. The van der Waals surface area contributed by atoms with Crippen LogP contribution in [0.2, 0.25) is 0 Å². The summed E-state index contributed by atoms with van der Waals surface area (Å²) < 4.78 is 5.60. The van der Waals surface area contributed by atoms with Gasteiger partial charge in [-0.05, 0) is 14.0 Å². The predicted molar refractivity (Wildman–Crippen MR) is 164 cm³/mol. The quantitative estimate of drug-likeness (QED) is 0.0473. The largest absolute Gasteiger partial charge is 0.359 e. The molecule has 0 aromatic rings. The van der Waals surface area contributed by atoms with E-state index in [1.807, 2.05) is 14.0 Å². The second-order valence-corrected chi connectivity index (χ2v) is 10.5. The van der Waals surface area contributed by atoms with Gasteiger partial charge < -0.3 is 46.0 Å². The van der Waals surface area contributed by atoms with Crippen LogP contribution in [0.15, 0.2) is 0 Å². The summed E-state index contributed by atoms with van der Waals surface area (Å²) in [7, 11) is 6.82. The number of carbonyl (C=O) groups is 4. The molecule has 1 unspecified atom stereocenters. The first-order valence-electron chi connectivity index (χ1n) is 15.3. The summed E-state index contributed by atoms with van der Waals surface area (Å²) in [6.07, 6.45) is 2.47. The molecule has 1 aliphatic rings. The second kappa shape index (κ2) is 22.2. The fourth-order valence-electron chi connectivity index (χ4n) is 4.42. The van der Waals surface area contributed by atoms with E-state index in [0.717, 1.165) is 45.7 Å². The Morgan fingerprint density at radius 1 is 0.619 bits per heavy atom. The lowest BCUT2D eigenvalue weighted by atomic mass is 10.2. The lowest BCUT2D eigenvalue weighted by Gasteiger charge is -2.30. The van der Waals surface area contributed by atoms with Gasteiger partial charge in [0.25, 0.3) is 0 Å². The Labute approximate surface area is 252 Å². The molecule has 244 valence electrons. The van der Waals surface area contributed by atoms with Gasteiger partial charge in [-0.3, -0.25) is 24.5 Å². The van der Waals surface area contributed by atoms with Gasteiger partial charge in [0.15, 0.2) is 0 Å². The fourth-order valence-corrected chi connectivity index (χ4v) is 4.42. The maximum Gasteiger partial charge on any atom is 0.221 e. The smallest absolute Gasteiger partial charge is 0.221 e. The molecule has 4 amide bonds. The molecule has 0 saturated carbocycles. The van der Waals surface area contributed by atoms with Crippen molar-refractivity contribution in [3.63, 3.8) is 0 Å². The average Bonchev–Trinajstić information content (AvgIpc) is 3.79. The Morgan fingerprint density at radius 2 is 1.07 bits per heavy atom. The Kier molecular flexibility index (Phi) is 19.9. The molecule has 42 heavy (non-hydrogen) atoms. The van der Waals surface area contributed by atoms with E-state index in [0.29, 0.717) is 71.6 Å². The van der Waals surface area contributed by atoms with Crippen LogP contribution in [0.3, 0.4) is 0 Å². The summed E-state index contributed by atoms with van der Waals surface area (Å²) in [6, 6.07) is 0. The standard InChI is InChI=1S/C28H57N9O5/c1-6-34-27(41)10-16-36(18-13-33-12-7-24(38)29-2)20-22-37(15-9-26(40)31-4)21-19-35(14-8-25(39)30-3)17-11-28(32-5)23-42-28/h32-33H,6-23H2,1-5H3,(H,29,38)(H,30,39)(H,31,40)(H,34,41). The maximum atomic E-state index is 12.1. The highest BCUT2D eigenvalue weighted by atomic mass is 16.6. The van der Waals surface area contributed by atoms with E-state index < -0.39 is 0 Å². The van der Waals surface area contributed by atoms with E-state index in [9.17, 15) is 19.2 Å². The van der Waals surface area contributed by atoms with Gasteiger partial charge in [0.1, 0.15) is 5.72 Å². The summed E-state index contributed by atoms with van der Waals surface area (Å²) in [5.41, 5.74) is -0.261. The number of hydrogen-bond acceptors (Lipinski definition) is 10. The highest BCUT2D eigenvalue weighted by molar-refractivity contribution is 5.76. The molecule has 0 aliphatic carbocycles. The molecule has 0 aromatic heterocycles. The van der Waals surface area contributed by atoms with E-state index in [-0.39, 0.29) is 29.4 Å². The van der Waals surface area contributed by atoms with E-state index in [1.165, 1.54) is 0 Å². The van der Waals surface area contributed by atoms with Crippen LogP contribution in [0, 0.1) is 0 Å². The highest BCUT2D eigenvalue weighted by Crippen LogP contribution is 2.27. The number of epoxide rings is 1. The summed E-state index contributed by atoms with van der Waals surface area (Å²) in [5.74, 6) is 0.0238. The molecule has 6 N–H and O–H groups in total. The van der Waals surface area contributed by atoms with Gasteiger partial charge in [0, 0.05) is 132 Å². The lowest BCUT2D eigenvalue weighted by molar-refractivity contribution is -0.122. The van der Waals surface area contributed by atoms with Gasteiger partial charge in [-0.1, -0.05) is 0 Å². The molecule has 0 bridgehead atoms. The van der Waals surface area contributed by atoms with Crippen LogP contribution in [-0.4, -0.2) is 157 Å². The summed E-state index contributed by atoms with van der Waals surface area (Å²) >= 11 is 0. The van der Waals surface area contributed by atoms with Crippen molar-refractivity contribution in [3.05, 3.63) is 0 Å². The maximum absolute atomic E-state index is 12.1. The van der Waals surface area contributed by atoms with Crippen molar-refractivity contribution >= 4 is 23.6 Å². The van der Waals surface area contributed by atoms with E-state index in [1.54, 1.807) is 21.1 Å². The fraction of sp³-hybridized carbons (Fsp3) is 0.857. The van der Waals surface area contributed by atoms with Crippen LogP contribution in [0.4, 0.5) is 0 Å². The summed E-state index contributed by atoms with van der Waals surface area (Å²) in [6.45, 7) is 10.9. The van der Waals surface area contributed by atoms with E-state index >= 15 is 0 Å². The molecule has 1 aliphatic heterocycles. The first kappa shape index (κ1) is 37.7. The zero-order chi connectivity index (χ0) is 31.2. The first-order chi connectivity index (χ1) is 20.2. The zero-order valence-corrected chi connectivity index (χ0v) is 26.6. The lowest BCUT2D eigenvalue weighted by Crippen LogP contribution is -2.44. The Hall–Kier alpha value is -2.36. The molecule has 0 aromatic carbocycles. The molecule has 1 heterocycles. The van der Waals surface area contributed by atoms with Crippen LogP contribution in [0.5, 0.6) is 0 Å². The number of carbonyl (C=O) groups excluding carboxylic acids is 4. The third kappa shape index (κ3) is 17.6. The summed E-state index contributed by atoms with van der Waals surface area (Å²) in [5, 5.41) is 17.4. The molecule has 1 saturated heterocycles. The number of rotatable bonds is 26. The SMILES string of the molecule is CCNC(=O)CCN(CCNCCC(=O)NC)CCN(CCC(=O)NC)CCN(CCC(=O)NC)CCC1(NC)CO1. The van der Waals surface area contributed by atoms with Crippen molar-refractivity contribution in [1.82, 2.24) is 46.6 Å². The van der Waals surface area contributed by atoms with Crippen molar-refractivity contribution in [3.8, 4) is 0 Å². The van der Waals surface area contributed by atoms with Gasteiger partial charge in [0.05, 0.1) is 6.61 Å². The Bertz CT molecular complexity index is 798. The van der Waals surface area contributed by atoms with Gasteiger partial charge in [-0.25, -0.2) is 0 Å². The first-order valence-corrected chi connectivity index (χ1v) is 15.3. The Balaban J connectivity index is 2.78. The van der Waals surface area contributed by atoms with Crippen molar-refractivity contribution in [2.45, 2.75) is 44.8 Å². The zero-order valence-electron chi connectivity index (χ0n) is 26.6. The minimum Gasteiger partial charge on any atom is -0.359 e. The van der Waals surface area contributed by atoms with Gasteiger partial charge in [-0.2, -0.15) is 0 Å². The number of nitrogens with one attached hydrogen (secondary N) is 6. The number of hydrogen-bond donors (Lipinski definition) is 6. The van der Waals surface area contributed by atoms with Crippen molar-refractivity contribution in [1.29, 1.82) is 0 Å².